The molecule has 13 heteroatoms. The van der Waals surface area contributed by atoms with Gasteiger partial charge in [-0.1, -0.05) is 29.5 Å². The number of rotatable bonds is 5. The van der Waals surface area contributed by atoms with Crippen LogP contribution in [0.1, 0.15) is 43.4 Å². The molecule has 0 bridgehead atoms. The number of aromatic nitrogens is 4. The zero-order chi connectivity index (χ0) is 26.3. The third-order valence-electron chi connectivity index (χ3n) is 5.26. The fourth-order valence-electron chi connectivity index (χ4n) is 3.44. The van der Waals surface area contributed by atoms with Crippen molar-refractivity contribution in [1.29, 1.82) is 0 Å². The van der Waals surface area contributed by atoms with Gasteiger partial charge in [0.1, 0.15) is 0 Å². The molecule has 4 rings (SSSR count). The standard InChI is InChI=1S/C23H17F6N5OS/c1-12-18(10-14-5-3-6-15(9-14)22(24,25)26)36-21(30-12)31-20(35)19-13(2)34(33-32-19)17-8-4-7-16(11-17)23(27,28)29/h3-9,11H,10H2,1-2H3,(H,30,31,35). The molecule has 1 amide bonds. The number of carbonyl (C=O) groups excluding carboxylic acids is 1. The SMILES string of the molecule is Cc1nc(NC(=O)c2nnn(-c3cccc(C(F)(F)F)c3)c2C)sc1Cc1cccc(C(F)(F)F)c1. The van der Waals surface area contributed by atoms with E-state index in [1.165, 1.54) is 25.1 Å². The van der Waals surface area contributed by atoms with Crippen molar-refractivity contribution in [3.8, 4) is 5.69 Å². The molecule has 2 heterocycles. The number of nitrogens with zero attached hydrogens (tertiary/aromatic N) is 4. The molecule has 6 nitrogen and oxygen atoms in total. The van der Waals surface area contributed by atoms with E-state index in [0.717, 1.165) is 40.3 Å². The maximum absolute atomic E-state index is 13.0. The maximum atomic E-state index is 13.0. The topological polar surface area (TPSA) is 72.7 Å². The van der Waals surface area contributed by atoms with Crippen LogP contribution in [0.2, 0.25) is 0 Å². The number of thiazole rings is 1. The molecule has 0 spiro atoms. The zero-order valence-corrected chi connectivity index (χ0v) is 19.5. The minimum atomic E-state index is -4.54. The van der Waals surface area contributed by atoms with Crippen LogP contribution in [-0.4, -0.2) is 25.9 Å². The van der Waals surface area contributed by atoms with Gasteiger partial charge in [0.25, 0.3) is 5.91 Å². The molecule has 0 saturated heterocycles. The Hall–Kier alpha value is -3.74. The second-order valence-electron chi connectivity index (χ2n) is 7.84. The third-order valence-corrected chi connectivity index (χ3v) is 6.33. The average Bonchev–Trinajstić information content (AvgIpc) is 3.34. The highest BCUT2D eigenvalue weighted by molar-refractivity contribution is 7.15. The van der Waals surface area contributed by atoms with Crippen molar-refractivity contribution >= 4 is 22.4 Å². The number of anilines is 1. The lowest BCUT2D eigenvalue weighted by atomic mass is 10.1. The van der Waals surface area contributed by atoms with Gasteiger partial charge >= 0.3 is 12.4 Å². The van der Waals surface area contributed by atoms with E-state index >= 15 is 0 Å². The molecule has 2 aromatic heterocycles. The first-order valence-electron chi connectivity index (χ1n) is 10.4. The minimum absolute atomic E-state index is 0.0855. The summed E-state index contributed by atoms with van der Waals surface area (Å²) >= 11 is 1.10. The molecule has 0 saturated carbocycles. The Morgan fingerprint density at radius 3 is 2.28 bits per heavy atom. The number of hydrogen-bond acceptors (Lipinski definition) is 5. The number of alkyl halides is 6. The largest absolute Gasteiger partial charge is 0.416 e. The number of nitrogens with one attached hydrogen (secondary N) is 1. The van der Waals surface area contributed by atoms with Crippen molar-refractivity contribution < 1.29 is 31.1 Å². The summed E-state index contributed by atoms with van der Waals surface area (Å²) in [4.78, 5) is 17.7. The van der Waals surface area contributed by atoms with Crippen LogP contribution in [0.3, 0.4) is 0 Å². The smallest absolute Gasteiger partial charge is 0.296 e. The predicted molar refractivity (Wildman–Crippen MR) is 120 cm³/mol. The highest BCUT2D eigenvalue weighted by Crippen LogP contribution is 2.32. The van der Waals surface area contributed by atoms with Crippen molar-refractivity contribution in [1.82, 2.24) is 20.0 Å². The predicted octanol–water partition coefficient (Wildman–Crippen LogP) is 6.22. The molecule has 36 heavy (non-hydrogen) atoms. The Kier molecular flexibility index (Phi) is 6.60. The molecule has 0 fully saturated rings. The van der Waals surface area contributed by atoms with Gasteiger partial charge in [0.15, 0.2) is 10.8 Å². The highest BCUT2D eigenvalue weighted by atomic mass is 32.1. The normalized spacial score (nSPS) is 12.1. The molecule has 0 unspecified atom stereocenters. The number of halogens is 6. The van der Waals surface area contributed by atoms with Gasteiger partial charge in [-0.2, -0.15) is 26.3 Å². The summed E-state index contributed by atoms with van der Waals surface area (Å²) in [6.45, 7) is 3.16. The quantitative estimate of drug-likeness (QED) is 0.314. The summed E-state index contributed by atoms with van der Waals surface area (Å²) in [5, 5.41) is 10.4. The molecular weight excluding hydrogens is 508 g/mol. The molecule has 0 atom stereocenters. The molecule has 0 aliphatic rings. The van der Waals surface area contributed by atoms with Crippen molar-refractivity contribution in [3.63, 3.8) is 0 Å². The second-order valence-corrected chi connectivity index (χ2v) is 8.92. The summed E-state index contributed by atoms with van der Waals surface area (Å²) in [5.41, 5.74) is -0.458. The lowest BCUT2D eigenvalue weighted by Crippen LogP contribution is -2.14. The fraction of sp³-hybridized carbons (Fsp3) is 0.217. The van der Waals surface area contributed by atoms with Crippen LogP contribution in [0.4, 0.5) is 31.5 Å². The number of carbonyl (C=O) groups is 1. The maximum Gasteiger partial charge on any atom is 0.416 e. The van der Waals surface area contributed by atoms with Gasteiger partial charge in [0.2, 0.25) is 0 Å². The van der Waals surface area contributed by atoms with E-state index in [9.17, 15) is 31.1 Å². The number of amides is 1. The first-order chi connectivity index (χ1) is 16.8. The number of benzene rings is 2. The van der Waals surface area contributed by atoms with E-state index in [1.807, 2.05) is 0 Å². The van der Waals surface area contributed by atoms with Gasteiger partial charge in [0, 0.05) is 11.3 Å². The molecule has 1 N–H and O–H groups in total. The van der Waals surface area contributed by atoms with Crippen molar-refractivity contribution in [2.45, 2.75) is 32.6 Å². The van der Waals surface area contributed by atoms with Crippen LogP contribution >= 0.6 is 11.3 Å². The first kappa shape index (κ1) is 25.4. The number of hydrogen-bond donors (Lipinski definition) is 1. The highest BCUT2D eigenvalue weighted by Gasteiger charge is 2.31. The second kappa shape index (κ2) is 9.37. The van der Waals surface area contributed by atoms with Crippen molar-refractivity contribution in [3.05, 3.63) is 87.2 Å². The molecule has 0 aliphatic carbocycles. The lowest BCUT2D eigenvalue weighted by molar-refractivity contribution is -0.138. The van der Waals surface area contributed by atoms with Crippen LogP contribution in [-0.2, 0) is 18.8 Å². The Morgan fingerprint density at radius 2 is 1.61 bits per heavy atom. The van der Waals surface area contributed by atoms with Crippen molar-refractivity contribution in [2.24, 2.45) is 0 Å². The zero-order valence-electron chi connectivity index (χ0n) is 18.7. The van der Waals surface area contributed by atoms with Crippen LogP contribution in [0.5, 0.6) is 0 Å². The summed E-state index contributed by atoms with van der Waals surface area (Å²) in [7, 11) is 0. The minimum Gasteiger partial charge on any atom is -0.296 e. The van der Waals surface area contributed by atoms with E-state index in [0.29, 0.717) is 16.1 Å². The fourth-order valence-corrected chi connectivity index (χ4v) is 4.43. The van der Waals surface area contributed by atoms with Gasteiger partial charge in [-0.05, 0) is 43.7 Å². The lowest BCUT2D eigenvalue weighted by Gasteiger charge is -2.09. The van der Waals surface area contributed by atoms with E-state index in [2.05, 4.69) is 20.6 Å². The molecule has 4 aromatic rings. The molecule has 2 aromatic carbocycles. The van der Waals surface area contributed by atoms with Gasteiger partial charge in [-0.15, -0.1) is 16.4 Å². The Labute approximate surface area is 204 Å². The van der Waals surface area contributed by atoms with E-state index in [1.54, 1.807) is 13.0 Å². The Balaban J connectivity index is 1.52. The summed E-state index contributed by atoms with van der Waals surface area (Å²) in [6, 6.07) is 9.40. The summed E-state index contributed by atoms with van der Waals surface area (Å²) < 4.78 is 79.2. The molecule has 188 valence electrons. The van der Waals surface area contributed by atoms with Gasteiger partial charge in [0.05, 0.1) is 28.2 Å². The van der Waals surface area contributed by atoms with Crippen molar-refractivity contribution in [2.75, 3.05) is 5.32 Å². The molecule has 0 aliphatic heterocycles. The number of aryl methyl sites for hydroxylation is 1. The van der Waals surface area contributed by atoms with Crippen LogP contribution in [0.15, 0.2) is 48.5 Å². The van der Waals surface area contributed by atoms with Crippen LogP contribution in [0, 0.1) is 13.8 Å². The van der Waals surface area contributed by atoms with Gasteiger partial charge < -0.3 is 0 Å². The van der Waals surface area contributed by atoms with E-state index in [4.69, 9.17) is 0 Å². The monoisotopic (exact) mass is 525 g/mol. The Bertz CT molecular complexity index is 1420. The summed E-state index contributed by atoms with van der Waals surface area (Å²) in [5.74, 6) is -0.676. The third kappa shape index (κ3) is 5.40. The van der Waals surface area contributed by atoms with E-state index in [-0.39, 0.29) is 28.6 Å². The first-order valence-corrected chi connectivity index (χ1v) is 11.2. The average molecular weight is 525 g/mol. The van der Waals surface area contributed by atoms with E-state index < -0.39 is 29.4 Å². The van der Waals surface area contributed by atoms with Crippen LogP contribution < -0.4 is 5.32 Å². The Morgan fingerprint density at radius 1 is 0.972 bits per heavy atom. The van der Waals surface area contributed by atoms with Gasteiger partial charge in [-0.3, -0.25) is 10.1 Å². The molecular formula is C23H17F6N5OS. The van der Waals surface area contributed by atoms with Gasteiger partial charge in [-0.25, -0.2) is 9.67 Å². The summed E-state index contributed by atoms with van der Waals surface area (Å²) in [6.07, 6.45) is -8.81. The van der Waals surface area contributed by atoms with Crippen LogP contribution in [0.25, 0.3) is 5.69 Å². The molecule has 0 radical (unpaired) electrons.